The fraction of sp³-hybridized carbons (Fsp3) is 0.938. The van der Waals surface area contributed by atoms with E-state index in [1.165, 1.54) is 12.8 Å². The van der Waals surface area contributed by atoms with Crippen molar-refractivity contribution in [2.45, 2.75) is 65.7 Å². The third kappa shape index (κ3) is 3.17. The van der Waals surface area contributed by atoms with Crippen LogP contribution in [0.5, 0.6) is 0 Å². The molecule has 0 aromatic carbocycles. The highest BCUT2D eigenvalue weighted by atomic mass is 16.5. The minimum atomic E-state index is -0.0169. The van der Waals surface area contributed by atoms with Gasteiger partial charge in [-0.1, -0.05) is 20.8 Å². The van der Waals surface area contributed by atoms with E-state index in [1.54, 1.807) is 0 Å². The minimum Gasteiger partial charge on any atom is -0.374 e. The molecule has 2 aliphatic rings. The first-order valence-corrected chi connectivity index (χ1v) is 7.99. The summed E-state index contributed by atoms with van der Waals surface area (Å²) in [6.45, 7) is 12.5. The third-order valence-electron chi connectivity index (χ3n) is 5.36. The molecule has 0 aromatic rings. The summed E-state index contributed by atoms with van der Waals surface area (Å²) in [6.07, 6.45) is 2.63. The van der Waals surface area contributed by atoms with Gasteiger partial charge in [0.1, 0.15) is 0 Å². The van der Waals surface area contributed by atoms with Crippen molar-refractivity contribution in [3.63, 3.8) is 0 Å². The summed E-state index contributed by atoms with van der Waals surface area (Å²) >= 11 is 0. The van der Waals surface area contributed by atoms with Gasteiger partial charge in [-0.2, -0.15) is 0 Å². The Balaban J connectivity index is 1.89. The molecule has 2 saturated heterocycles. The molecule has 4 nitrogen and oxygen atoms in total. The molecule has 5 atom stereocenters. The number of carbonyl (C=O) groups is 1. The van der Waals surface area contributed by atoms with Gasteiger partial charge in [0.2, 0.25) is 5.91 Å². The summed E-state index contributed by atoms with van der Waals surface area (Å²) in [6, 6.07) is 0.366. The summed E-state index contributed by atoms with van der Waals surface area (Å²) in [5.74, 6) is 0.423. The Morgan fingerprint density at radius 3 is 2.55 bits per heavy atom. The van der Waals surface area contributed by atoms with Crippen LogP contribution in [0, 0.1) is 17.3 Å². The number of hydrogen-bond donors (Lipinski definition) is 2. The molecule has 2 fully saturated rings. The number of rotatable bonds is 3. The predicted molar refractivity (Wildman–Crippen MR) is 80.5 cm³/mol. The van der Waals surface area contributed by atoms with E-state index in [0.717, 1.165) is 13.1 Å². The minimum absolute atomic E-state index is 0.0169. The van der Waals surface area contributed by atoms with Crippen LogP contribution in [-0.4, -0.2) is 37.2 Å². The maximum atomic E-state index is 12.4. The average Bonchev–Trinajstić information content (AvgIpc) is 2.61. The van der Waals surface area contributed by atoms with E-state index in [4.69, 9.17) is 4.74 Å². The molecule has 4 heteroatoms. The average molecular weight is 282 g/mol. The van der Waals surface area contributed by atoms with Gasteiger partial charge in [-0.05, 0) is 44.6 Å². The number of carbonyl (C=O) groups excluding carboxylic acids is 1. The monoisotopic (exact) mass is 282 g/mol. The maximum absolute atomic E-state index is 12.4. The summed E-state index contributed by atoms with van der Waals surface area (Å²) in [5.41, 5.74) is 0.252. The van der Waals surface area contributed by atoms with Crippen LogP contribution >= 0.6 is 0 Å². The van der Waals surface area contributed by atoms with E-state index in [-0.39, 0.29) is 35.4 Å². The van der Waals surface area contributed by atoms with Gasteiger partial charge in [-0.25, -0.2) is 0 Å². The lowest BCUT2D eigenvalue weighted by Gasteiger charge is -2.39. The molecular formula is C16H30N2O2. The molecule has 0 radical (unpaired) electrons. The molecule has 2 aliphatic heterocycles. The second-order valence-corrected chi connectivity index (χ2v) is 7.28. The lowest BCUT2D eigenvalue weighted by Crippen LogP contribution is -2.54. The van der Waals surface area contributed by atoms with Crippen molar-refractivity contribution < 1.29 is 9.53 Å². The van der Waals surface area contributed by atoms with Crippen molar-refractivity contribution in [2.75, 3.05) is 13.1 Å². The van der Waals surface area contributed by atoms with Crippen molar-refractivity contribution >= 4 is 5.91 Å². The molecule has 20 heavy (non-hydrogen) atoms. The predicted octanol–water partition coefficient (Wildman–Crippen LogP) is 1.94. The molecule has 2 heterocycles. The highest BCUT2D eigenvalue weighted by Crippen LogP contribution is 2.33. The summed E-state index contributed by atoms with van der Waals surface area (Å²) < 4.78 is 5.76. The Kier molecular flexibility index (Phi) is 4.75. The first-order valence-electron chi connectivity index (χ1n) is 7.99. The molecule has 0 spiro atoms. The van der Waals surface area contributed by atoms with E-state index >= 15 is 0 Å². The van der Waals surface area contributed by atoms with Crippen molar-refractivity contribution in [1.82, 2.24) is 10.6 Å². The Morgan fingerprint density at radius 1 is 1.30 bits per heavy atom. The van der Waals surface area contributed by atoms with Gasteiger partial charge in [0.25, 0.3) is 0 Å². The molecule has 116 valence electrons. The van der Waals surface area contributed by atoms with E-state index < -0.39 is 0 Å². The van der Waals surface area contributed by atoms with Crippen molar-refractivity contribution in [2.24, 2.45) is 17.3 Å². The molecule has 2 rings (SSSR count). The molecular weight excluding hydrogens is 252 g/mol. The van der Waals surface area contributed by atoms with Crippen LogP contribution in [-0.2, 0) is 9.53 Å². The fourth-order valence-corrected chi connectivity index (χ4v) is 3.66. The molecule has 0 bridgehead atoms. The Morgan fingerprint density at radius 2 is 2.00 bits per heavy atom. The zero-order valence-corrected chi connectivity index (χ0v) is 13.5. The van der Waals surface area contributed by atoms with Crippen molar-refractivity contribution in [3.8, 4) is 0 Å². The first kappa shape index (κ1) is 15.8. The molecule has 0 aromatic heterocycles. The second kappa shape index (κ2) is 6.02. The zero-order valence-electron chi connectivity index (χ0n) is 13.5. The lowest BCUT2D eigenvalue weighted by atomic mass is 9.77. The summed E-state index contributed by atoms with van der Waals surface area (Å²) in [5, 5.41) is 6.69. The molecule has 2 N–H and O–H groups in total. The topological polar surface area (TPSA) is 50.4 Å². The lowest BCUT2D eigenvalue weighted by molar-refractivity contribution is -0.127. The van der Waals surface area contributed by atoms with Gasteiger partial charge < -0.3 is 15.4 Å². The van der Waals surface area contributed by atoms with Crippen LogP contribution in [0.15, 0.2) is 0 Å². The second-order valence-electron chi connectivity index (χ2n) is 7.28. The first-order chi connectivity index (χ1) is 9.33. The summed E-state index contributed by atoms with van der Waals surface area (Å²) in [4.78, 5) is 12.4. The van der Waals surface area contributed by atoms with Gasteiger partial charge in [0.05, 0.1) is 18.1 Å². The largest absolute Gasteiger partial charge is 0.374 e. The standard InChI is InChI=1S/C16H30N2O2/c1-10-11(2)20-12(3)14(10)15(19)18-9-13-16(4,5)7-6-8-17-13/h10-14,17H,6-9H2,1-5H3,(H,18,19). The van der Waals surface area contributed by atoms with Gasteiger partial charge >= 0.3 is 0 Å². The maximum Gasteiger partial charge on any atom is 0.226 e. The fourth-order valence-electron chi connectivity index (χ4n) is 3.66. The molecule has 0 aliphatic carbocycles. The normalized spacial score (nSPS) is 40.5. The molecule has 1 amide bonds. The zero-order chi connectivity index (χ0) is 14.9. The number of nitrogens with one attached hydrogen (secondary N) is 2. The Hall–Kier alpha value is -0.610. The van der Waals surface area contributed by atoms with Crippen LogP contribution in [0.2, 0.25) is 0 Å². The quantitative estimate of drug-likeness (QED) is 0.832. The third-order valence-corrected chi connectivity index (χ3v) is 5.36. The van der Waals surface area contributed by atoms with Crippen molar-refractivity contribution in [3.05, 3.63) is 0 Å². The van der Waals surface area contributed by atoms with E-state index in [1.807, 2.05) is 6.92 Å². The number of hydrogen-bond acceptors (Lipinski definition) is 3. The van der Waals surface area contributed by atoms with Crippen LogP contribution in [0.1, 0.15) is 47.5 Å². The van der Waals surface area contributed by atoms with E-state index in [0.29, 0.717) is 6.04 Å². The van der Waals surface area contributed by atoms with E-state index in [9.17, 15) is 4.79 Å². The van der Waals surface area contributed by atoms with E-state index in [2.05, 4.69) is 38.3 Å². The van der Waals surface area contributed by atoms with Crippen LogP contribution < -0.4 is 10.6 Å². The van der Waals surface area contributed by atoms with Crippen molar-refractivity contribution in [1.29, 1.82) is 0 Å². The Labute approximate surface area is 123 Å². The highest BCUT2D eigenvalue weighted by molar-refractivity contribution is 5.80. The van der Waals surface area contributed by atoms with Gasteiger partial charge in [-0.15, -0.1) is 0 Å². The van der Waals surface area contributed by atoms with Gasteiger partial charge in [0.15, 0.2) is 0 Å². The van der Waals surface area contributed by atoms with Crippen LogP contribution in [0.4, 0.5) is 0 Å². The SMILES string of the molecule is CC1OC(C)C(C(=O)NCC2NCCCC2(C)C)C1C. The molecule has 5 unspecified atom stereocenters. The smallest absolute Gasteiger partial charge is 0.226 e. The highest BCUT2D eigenvalue weighted by Gasteiger charge is 2.42. The van der Waals surface area contributed by atoms with Crippen LogP contribution in [0.25, 0.3) is 0 Å². The van der Waals surface area contributed by atoms with Gasteiger partial charge in [-0.3, -0.25) is 4.79 Å². The number of amides is 1. The number of ether oxygens (including phenoxy) is 1. The molecule has 0 saturated carbocycles. The number of piperidine rings is 1. The van der Waals surface area contributed by atoms with Crippen LogP contribution in [0.3, 0.4) is 0 Å². The Bertz CT molecular complexity index is 356. The summed E-state index contributed by atoms with van der Waals surface area (Å²) in [7, 11) is 0. The van der Waals surface area contributed by atoms with Gasteiger partial charge in [0, 0.05) is 12.6 Å².